The van der Waals surface area contributed by atoms with Crippen molar-refractivity contribution < 1.29 is 9.72 Å². The Labute approximate surface area is 106 Å². The van der Waals surface area contributed by atoms with E-state index in [2.05, 4.69) is 6.92 Å². The molecule has 0 N–H and O–H groups in total. The molecule has 1 aromatic rings. The summed E-state index contributed by atoms with van der Waals surface area (Å²) in [5.74, 6) is 0.116. The van der Waals surface area contributed by atoms with Crippen molar-refractivity contribution in [2.75, 3.05) is 11.4 Å². The largest absolute Gasteiger partial charge is 0.312 e. The maximum Gasteiger partial charge on any atom is 0.269 e. The third kappa shape index (κ3) is 2.34. The smallest absolute Gasteiger partial charge is 0.269 e. The lowest BCUT2D eigenvalue weighted by Gasteiger charge is -2.29. The Morgan fingerprint density at radius 2 is 2.17 bits per heavy atom. The number of anilines is 1. The highest BCUT2D eigenvalue weighted by Gasteiger charge is 2.25. The van der Waals surface area contributed by atoms with Crippen LogP contribution in [0, 0.1) is 10.1 Å². The third-order valence-corrected chi connectivity index (χ3v) is 3.21. The average Bonchev–Trinajstić information content (AvgIpc) is 2.37. The molecule has 96 valence electrons. The minimum absolute atomic E-state index is 0.0959. The fraction of sp³-hybridized carbons (Fsp3) is 0.462. The second-order valence-electron chi connectivity index (χ2n) is 4.47. The van der Waals surface area contributed by atoms with Crippen LogP contribution in [0.15, 0.2) is 18.2 Å². The number of carbonyl (C=O) groups is 1. The number of unbranched alkanes of at least 4 members (excludes halogenated alkanes) is 1. The summed E-state index contributed by atoms with van der Waals surface area (Å²) in [6, 6.07) is 4.75. The molecule has 1 aliphatic heterocycles. The first-order valence-corrected chi connectivity index (χ1v) is 6.21. The Morgan fingerprint density at radius 1 is 1.39 bits per heavy atom. The molecule has 5 nitrogen and oxygen atoms in total. The second kappa shape index (κ2) is 5.16. The summed E-state index contributed by atoms with van der Waals surface area (Å²) in [5.41, 5.74) is 1.84. The first kappa shape index (κ1) is 12.5. The first-order valence-electron chi connectivity index (χ1n) is 6.21. The summed E-state index contributed by atoms with van der Waals surface area (Å²) in [5, 5.41) is 10.7. The van der Waals surface area contributed by atoms with Crippen molar-refractivity contribution in [3.05, 3.63) is 33.9 Å². The van der Waals surface area contributed by atoms with E-state index < -0.39 is 4.92 Å². The van der Waals surface area contributed by atoms with Crippen LogP contribution in [-0.4, -0.2) is 17.4 Å². The summed E-state index contributed by atoms with van der Waals surface area (Å²) >= 11 is 0. The highest BCUT2D eigenvalue weighted by Crippen LogP contribution is 2.31. The topological polar surface area (TPSA) is 63.5 Å². The van der Waals surface area contributed by atoms with Crippen LogP contribution in [0.25, 0.3) is 0 Å². The molecule has 0 aliphatic carbocycles. The molecule has 18 heavy (non-hydrogen) atoms. The predicted molar refractivity (Wildman–Crippen MR) is 68.7 cm³/mol. The average molecular weight is 248 g/mol. The summed E-state index contributed by atoms with van der Waals surface area (Å²) in [6.07, 6.45) is 3.00. The molecule has 1 aromatic carbocycles. The Balaban J connectivity index is 2.32. The number of benzene rings is 1. The van der Waals surface area contributed by atoms with Crippen LogP contribution in [0.3, 0.4) is 0 Å². The van der Waals surface area contributed by atoms with Gasteiger partial charge in [0, 0.05) is 30.8 Å². The van der Waals surface area contributed by atoms with Crippen molar-refractivity contribution in [3.8, 4) is 0 Å². The van der Waals surface area contributed by atoms with E-state index in [9.17, 15) is 14.9 Å². The lowest BCUT2D eigenvalue weighted by molar-refractivity contribution is -0.384. The van der Waals surface area contributed by atoms with Gasteiger partial charge in [-0.3, -0.25) is 14.9 Å². The van der Waals surface area contributed by atoms with Gasteiger partial charge in [-0.2, -0.15) is 0 Å². The van der Waals surface area contributed by atoms with Crippen molar-refractivity contribution in [3.63, 3.8) is 0 Å². The van der Waals surface area contributed by atoms with Crippen LogP contribution in [0.2, 0.25) is 0 Å². The minimum Gasteiger partial charge on any atom is -0.312 e. The quantitative estimate of drug-likeness (QED) is 0.607. The number of carbonyl (C=O) groups excluding carboxylic acids is 1. The highest BCUT2D eigenvalue weighted by molar-refractivity contribution is 5.96. The lowest BCUT2D eigenvalue weighted by Crippen LogP contribution is -2.35. The van der Waals surface area contributed by atoms with Gasteiger partial charge in [0.25, 0.3) is 5.69 Å². The molecule has 0 radical (unpaired) electrons. The molecule has 0 atom stereocenters. The van der Waals surface area contributed by atoms with E-state index in [0.29, 0.717) is 19.4 Å². The monoisotopic (exact) mass is 248 g/mol. The van der Waals surface area contributed by atoms with Crippen molar-refractivity contribution >= 4 is 17.3 Å². The van der Waals surface area contributed by atoms with Crippen molar-refractivity contribution in [1.29, 1.82) is 0 Å². The summed E-state index contributed by atoms with van der Waals surface area (Å²) in [7, 11) is 0. The van der Waals surface area contributed by atoms with Crippen molar-refractivity contribution in [2.45, 2.75) is 32.6 Å². The zero-order valence-electron chi connectivity index (χ0n) is 10.4. The van der Waals surface area contributed by atoms with Crippen LogP contribution >= 0.6 is 0 Å². The number of amides is 1. The zero-order valence-corrected chi connectivity index (χ0v) is 10.4. The number of rotatable bonds is 4. The molecule has 1 heterocycles. The number of aryl methyl sites for hydroxylation is 1. The predicted octanol–water partition coefficient (Wildman–Crippen LogP) is 2.67. The molecule has 0 fully saturated rings. The van der Waals surface area contributed by atoms with E-state index in [1.165, 1.54) is 6.07 Å². The molecule has 2 rings (SSSR count). The maximum atomic E-state index is 11.9. The summed E-state index contributed by atoms with van der Waals surface area (Å²) < 4.78 is 0. The molecule has 0 spiro atoms. The van der Waals surface area contributed by atoms with E-state index >= 15 is 0 Å². The number of nitrogens with zero attached hydrogens (tertiary/aromatic N) is 2. The lowest BCUT2D eigenvalue weighted by atomic mass is 10.00. The van der Waals surface area contributed by atoms with Crippen molar-refractivity contribution in [2.24, 2.45) is 0 Å². The number of hydrogen-bond acceptors (Lipinski definition) is 3. The third-order valence-electron chi connectivity index (χ3n) is 3.21. The summed E-state index contributed by atoms with van der Waals surface area (Å²) in [4.78, 5) is 24.0. The van der Waals surface area contributed by atoms with Gasteiger partial charge >= 0.3 is 0 Å². The van der Waals surface area contributed by atoms with Crippen LogP contribution in [0.4, 0.5) is 11.4 Å². The Kier molecular flexibility index (Phi) is 3.60. The Bertz CT molecular complexity index is 485. The van der Waals surface area contributed by atoms with Crippen LogP contribution in [-0.2, 0) is 11.2 Å². The number of hydrogen-bond donors (Lipinski definition) is 0. The van der Waals surface area contributed by atoms with Gasteiger partial charge in [-0.1, -0.05) is 13.3 Å². The van der Waals surface area contributed by atoms with E-state index in [1.807, 2.05) is 0 Å². The molecule has 0 bridgehead atoms. The maximum absolute atomic E-state index is 11.9. The molecule has 1 amide bonds. The minimum atomic E-state index is -0.396. The Hall–Kier alpha value is -1.91. The van der Waals surface area contributed by atoms with Gasteiger partial charge in [-0.15, -0.1) is 0 Å². The number of fused-ring (bicyclic) bond motifs is 1. The van der Waals surface area contributed by atoms with Crippen LogP contribution in [0.5, 0.6) is 0 Å². The highest BCUT2D eigenvalue weighted by atomic mass is 16.6. The number of non-ortho nitro benzene ring substituents is 1. The van der Waals surface area contributed by atoms with Gasteiger partial charge < -0.3 is 4.90 Å². The van der Waals surface area contributed by atoms with Gasteiger partial charge in [0.05, 0.1) is 4.92 Å². The first-order chi connectivity index (χ1) is 8.63. The zero-order chi connectivity index (χ0) is 13.1. The number of nitro groups is 1. The van der Waals surface area contributed by atoms with Crippen molar-refractivity contribution in [1.82, 2.24) is 0 Å². The standard InChI is InChI=1S/C13H16N2O3/c1-2-3-8-14-12-6-5-11(15(17)18)9-10(12)4-7-13(14)16/h5-6,9H,2-4,7-8H2,1H3. The molecule has 5 heteroatoms. The fourth-order valence-electron chi connectivity index (χ4n) is 2.22. The van der Waals surface area contributed by atoms with Gasteiger partial charge in [0.1, 0.15) is 0 Å². The molecule has 0 saturated carbocycles. The Morgan fingerprint density at radius 3 is 2.83 bits per heavy atom. The van der Waals surface area contributed by atoms with Crippen LogP contribution in [0.1, 0.15) is 31.7 Å². The molecule has 1 aliphatic rings. The molecular formula is C13H16N2O3. The molecule has 0 saturated heterocycles. The van der Waals surface area contributed by atoms with Gasteiger partial charge in [0.2, 0.25) is 5.91 Å². The molecule has 0 unspecified atom stereocenters. The SMILES string of the molecule is CCCCN1C(=O)CCc2cc([N+](=O)[O-])ccc21. The van der Waals surface area contributed by atoms with E-state index in [0.717, 1.165) is 24.1 Å². The normalized spacial score (nSPS) is 14.5. The molecular weight excluding hydrogens is 232 g/mol. The fourth-order valence-corrected chi connectivity index (χ4v) is 2.22. The van der Waals surface area contributed by atoms with E-state index in [4.69, 9.17) is 0 Å². The van der Waals surface area contributed by atoms with Gasteiger partial charge in [-0.25, -0.2) is 0 Å². The van der Waals surface area contributed by atoms with E-state index in [1.54, 1.807) is 17.0 Å². The summed E-state index contributed by atoms with van der Waals surface area (Å²) in [6.45, 7) is 2.77. The van der Waals surface area contributed by atoms with Gasteiger partial charge in [0.15, 0.2) is 0 Å². The van der Waals surface area contributed by atoms with Gasteiger partial charge in [-0.05, 0) is 24.5 Å². The van der Waals surface area contributed by atoms with E-state index in [-0.39, 0.29) is 11.6 Å². The molecule has 0 aromatic heterocycles. The van der Waals surface area contributed by atoms with Crippen LogP contribution < -0.4 is 4.90 Å². The second-order valence-corrected chi connectivity index (χ2v) is 4.47. The number of nitro benzene ring substituents is 1.